The van der Waals surface area contributed by atoms with E-state index in [4.69, 9.17) is 0 Å². The third-order valence-electron chi connectivity index (χ3n) is 4.84. The van der Waals surface area contributed by atoms with E-state index in [2.05, 4.69) is 21.3 Å². The molecule has 1 fully saturated rings. The molecule has 0 radical (unpaired) electrons. The van der Waals surface area contributed by atoms with Crippen LogP contribution in [0.25, 0.3) is 0 Å². The normalized spacial score (nSPS) is 18.2. The molecule has 0 aliphatic carbocycles. The molecule has 31 heavy (non-hydrogen) atoms. The molecule has 1 heterocycles. The molecule has 7 nitrogen and oxygen atoms in total. The van der Waals surface area contributed by atoms with Crippen LogP contribution >= 0.6 is 11.8 Å². The monoisotopic (exact) mass is 440 g/mol. The summed E-state index contributed by atoms with van der Waals surface area (Å²) >= 11 is 1.29. The molecule has 1 aliphatic rings. The Labute approximate surface area is 186 Å². The maximum absolute atomic E-state index is 12.3. The third kappa shape index (κ3) is 8.07. The van der Waals surface area contributed by atoms with Crippen molar-refractivity contribution in [2.45, 2.75) is 37.7 Å². The molecule has 164 valence electrons. The second-order valence-electron chi connectivity index (χ2n) is 7.53. The molecule has 2 unspecified atom stereocenters. The van der Waals surface area contributed by atoms with E-state index >= 15 is 0 Å². The van der Waals surface area contributed by atoms with Crippen LogP contribution in [0.1, 0.15) is 24.0 Å². The predicted molar refractivity (Wildman–Crippen MR) is 124 cm³/mol. The fourth-order valence-electron chi connectivity index (χ4n) is 3.24. The fourth-order valence-corrected chi connectivity index (χ4v) is 4.14. The molecule has 2 atom stereocenters. The number of rotatable bonds is 9. The minimum absolute atomic E-state index is 0.0935. The Bertz CT molecular complexity index is 889. The smallest absolute Gasteiger partial charge is 0.234 e. The summed E-state index contributed by atoms with van der Waals surface area (Å²) in [7, 11) is 0. The minimum atomic E-state index is -0.410. The van der Waals surface area contributed by atoms with Gasteiger partial charge in [-0.25, -0.2) is 0 Å². The van der Waals surface area contributed by atoms with Crippen LogP contribution in [0.3, 0.4) is 0 Å². The molecule has 0 aromatic heterocycles. The molecule has 1 aliphatic heterocycles. The number of hydrogen-bond donors (Lipinski definition) is 4. The van der Waals surface area contributed by atoms with E-state index in [1.165, 1.54) is 17.3 Å². The number of aryl methyl sites for hydroxylation is 1. The summed E-state index contributed by atoms with van der Waals surface area (Å²) in [5.41, 5.74) is 2.61. The van der Waals surface area contributed by atoms with Crippen LogP contribution in [0, 0.1) is 6.92 Å². The highest BCUT2D eigenvalue weighted by molar-refractivity contribution is 8.00. The van der Waals surface area contributed by atoms with Gasteiger partial charge in [-0.05, 0) is 31.0 Å². The lowest BCUT2D eigenvalue weighted by molar-refractivity contribution is -0.125. The first-order chi connectivity index (χ1) is 15.0. The minimum Gasteiger partial charge on any atom is -0.356 e. The van der Waals surface area contributed by atoms with Gasteiger partial charge in [0.05, 0.1) is 5.75 Å². The van der Waals surface area contributed by atoms with E-state index < -0.39 is 5.50 Å². The van der Waals surface area contributed by atoms with E-state index in [1.54, 1.807) is 0 Å². The van der Waals surface area contributed by atoms with Gasteiger partial charge in [0, 0.05) is 31.1 Å². The molecule has 0 spiro atoms. The van der Waals surface area contributed by atoms with Gasteiger partial charge in [0.25, 0.3) is 0 Å². The number of thioether (sulfide) groups is 1. The molecule has 3 rings (SSSR count). The number of anilines is 1. The Balaban J connectivity index is 1.38. The van der Waals surface area contributed by atoms with Crippen molar-refractivity contribution in [3.05, 3.63) is 65.7 Å². The lowest BCUT2D eigenvalue weighted by Gasteiger charge is -2.30. The van der Waals surface area contributed by atoms with Crippen LogP contribution in [0.2, 0.25) is 0 Å². The quantitative estimate of drug-likeness (QED) is 0.479. The molecule has 8 heteroatoms. The number of nitrogens with one attached hydrogen (secondary N) is 4. The van der Waals surface area contributed by atoms with Gasteiger partial charge in [0.1, 0.15) is 5.50 Å². The Morgan fingerprint density at radius 3 is 2.55 bits per heavy atom. The third-order valence-corrected chi connectivity index (χ3v) is 5.85. The van der Waals surface area contributed by atoms with Crippen molar-refractivity contribution in [1.29, 1.82) is 0 Å². The Morgan fingerprint density at radius 2 is 1.81 bits per heavy atom. The Morgan fingerprint density at radius 1 is 1.06 bits per heavy atom. The van der Waals surface area contributed by atoms with Gasteiger partial charge in [-0.15, -0.1) is 11.8 Å². The second-order valence-corrected chi connectivity index (χ2v) is 8.62. The maximum Gasteiger partial charge on any atom is 0.234 e. The van der Waals surface area contributed by atoms with Crippen molar-refractivity contribution >= 4 is 35.2 Å². The van der Waals surface area contributed by atoms with Crippen molar-refractivity contribution < 1.29 is 14.4 Å². The first-order valence-electron chi connectivity index (χ1n) is 10.3. The van der Waals surface area contributed by atoms with E-state index in [1.807, 2.05) is 61.5 Å². The van der Waals surface area contributed by atoms with Gasteiger partial charge in [-0.3, -0.25) is 19.7 Å². The maximum atomic E-state index is 12.3. The highest BCUT2D eigenvalue weighted by Crippen LogP contribution is 2.15. The molecule has 2 aromatic rings. The summed E-state index contributed by atoms with van der Waals surface area (Å²) in [5, 5.41) is 11.8. The first kappa shape index (κ1) is 22.8. The number of hydrogen-bond acceptors (Lipinski definition) is 5. The predicted octanol–water partition coefficient (Wildman–Crippen LogP) is 2.18. The summed E-state index contributed by atoms with van der Waals surface area (Å²) in [5.74, 6) is -0.186. The molecular formula is C23H28N4O3S. The molecule has 0 bridgehead atoms. The zero-order chi connectivity index (χ0) is 22.1. The second kappa shape index (κ2) is 11.5. The van der Waals surface area contributed by atoms with Crippen molar-refractivity contribution in [1.82, 2.24) is 16.0 Å². The van der Waals surface area contributed by atoms with Crippen LogP contribution in [0.5, 0.6) is 0 Å². The standard InChI is InChI=1S/C23H28N4O3S/c1-16-7-9-18(10-8-16)25-22(30)15-31-23-26-19(14-21(29)27-23)13-20(28)24-12-11-17-5-3-2-4-6-17/h2-10,19,23,26H,11-15H2,1H3,(H,24,28)(H,25,30)(H,27,29). The lowest BCUT2D eigenvalue weighted by Crippen LogP contribution is -2.56. The van der Waals surface area contributed by atoms with Crippen molar-refractivity contribution in [3.63, 3.8) is 0 Å². The van der Waals surface area contributed by atoms with E-state index in [0.717, 1.165) is 17.7 Å². The number of carbonyl (C=O) groups is 3. The SMILES string of the molecule is Cc1ccc(NC(=O)CSC2NC(=O)CC(CC(=O)NCCc3ccccc3)N2)cc1. The summed E-state index contributed by atoms with van der Waals surface area (Å²) in [4.78, 5) is 36.5. The van der Waals surface area contributed by atoms with Crippen LogP contribution in [0.15, 0.2) is 54.6 Å². The van der Waals surface area contributed by atoms with E-state index in [9.17, 15) is 14.4 Å². The van der Waals surface area contributed by atoms with Crippen LogP contribution < -0.4 is 21.3 Å². The Kier molecular flexibility index (Phi) is 8.49. The molecule has 3 amide bonds. The van der Waals surface area contributed by atoms with Gasteiger partial charge < -0.3 is 16.0 Å². The highest BCUT2D eigenvalue weighted by atomic mass is 32.2. The van der Waals surface area contributed by atoms with Crippen molar-refractivity contribution in [3.8, 4) is 0 Å². The van der Waals surface area contributed by atoms with Crippen LogP contribution in [0.4, 0.5) is 5.69 Å². The van der Waals surface area contributed by atoms with Gasteiger partial charge in [0.15, 0.2) is 0 Å². The molecule has 2 aromatic carbocycles. The highest BCUT2D eigenvalue weighted by Gasteiger charge is 2.28. The number of carbonyl (C=O) groups excluding carboxylic acids is 3. The fraction of sp³-hybridized carbons (Fsp3) is 0.348. The first-order valence-corrected chi connectivity index (χ1v) is 11.4. The topological polar surface area (TPSA) is 99.3 Å². The average molecular weight is 441 g/mol. The Hall–Kier alpha value is -2.84. The number of benzene rings is 2. The summed E-state index contributed by atoms with van der Waals surface area (Å²) in [6.07, 6.45) is 1.22. The molecule has 1 saturated heterocycles. The number of amides is 3. The largest absolute Gasteiger partial charge is 0.356 e. The summed E-state index contributed by atoms with van der Waals surface area (Å²) in [6, 6.07) is 17.3. The van der Waals surface area contributed by atoms with Crippen molar-refractivity contribution in [2.24, 2.45) is 0 Å². The molecule has 4 N–H and O–H groups in total. The summed E-state index contributed by atoms with van der Waals surface area (Å²) < 4.78 is 0. The van der Waals surface area contributed by atoms with Gasteiger partial charge in [-0.1, -0.05) is 48.0 Å². The van der Waals surface area contributed by atoms with E-state index in [0.29, 0.717) is 6.54 Å². The summed E-state index contributed by atoms with van der Waals surface area (Å²) in [6.45, 7) is 2.54. The molecule has 0 saturated carbocycles. The van der Waals surface area contributed by atoms with Crippen molar-refractivity contribution in [2.75, 3.05) is 17.6 Å². The van der Waals surface area contributed by atoms with Gasteiger partial charge in [0.2, 0.25) is 17.7 Å². The average Bonchev–Trinajstić information content (AvgIpc) is 2.74. The zero-order valence-corrected chi connectivity index (χ0v) is 18.3. The molecular weight excluding hydrogens is 412 g/mol. The lowest BCUT2D eigenvalue weighted by atomic mass is 10.1. The zero-order valence-electron chi connectivity index (χ0n) is 17.5. The van der Waals surface area contributed by atoms with E-state index in [-0.39, 0.29) is 42.4 Å². The van der Waals surface area contributed by atoms with Crippen LogP contribution in [-0.2, 0) is 20.8 Å². The van der Waals surface area contributed by atoms with Crippen LogP contribution in [-0.4, -0.2) is 41.6 Å². The van der Waals surface area contributed by atoms with Gasteiger partial charge in [-0.2, -0.15) is 0 Å². The van der Waals surface area contributed by atoms with Gasteiger partial charge >= 0.3 is 0 Å².